The second kappa shape index (κ2) is 5.81. The van der Waals surface area contributed by atoms with E-state index >= 15 is 0 Å². The predicted molar refractivity (Wildman–Crippen MR) is 71.7 cm³/mol. The fourth-order valence-electron chi connectivity index (χ4n) is 1.78. The summed E-state index contributed by atoms with van der Waals surface area (Å²) in [5.74, 6) is -1.57. The Morgan fingerprint density at radius 1 is 1.36 bits per heavy atom. The lowest BCUT2D eigenvalue weighted by Gasteiger charge is -2.11. The van der Waals surface area contributed by atoms with Crippen LogP contribution in [0.25, 0.3) is 11.3 Å². The Kier molecular flexibility index (Phi) is 4.23. The number of alkyl halides is 3. The van der Waals surface area contributed by atoms with E-state index in [0.717, 1.165) is 23.9 Å². The maximum atomic E-state index is 14.1. The van der Waals surface area contributed by atoms with Crippen LogP contribution in [0, 0.1) is 17.1 Å². The third-order valence-corrected chi connectivity index (χ3v) is 3.34. The highest BCUT2D eigenvalue weighted by Crippen LogP contribution is 2.35. The molecule has 0 aliphatic rings. The molecule has 4 nitrogen and oxygen atoms in total. The molecule has 0 spiro atoms. The molecule has 1 aromatic heterocycles. The lowest BCUT2D eigenvalue weighted by molar-refractivity contribution is -0.139. The van der Waals surface area contributed by atoms with Gasteiger partial charge in [-0.15, -0.1) is 0 Å². The van der Waals surface area contributed by atoms with E-state index in [1.807, 2.05) is 0 Å². The Morgan fingerprint density at radius 2 is 2.05 bits per heavy atom. The van der Waals surface area contributed by atoms with E-state index in [9.17, 15) is 22.4 Å². The number of H-pyrrole nitrogens is 1. The van der Waals surface area contributed by atoms with E-state index in [0.29, 0.717) is 6.07 Å². The summed E-state index contributed by atoms with van der Waals surface area (Å²) >= 11 is 1.01. The van der Waals surface area contributed by atoms with Crippen molar-refractivity contribution in [1.29, 1.82) is 5.26 Å². The highest BCUT2D eigenvalue weighted by molar-refractivity contribution is 7.98. The van der Waals surface area contributed by atoms with Crippen molar-refractivity contribution in [2.24, 2.45) is 0 Å². The summed E-state index contributed by atoms with van der Waals surface area (Å²) in [6.45, 7) is 0. The molecule has 0 unspecified atom stereocenters. The van der Waals surface area contributed by atoms with Crippen molar-refractivity contribution in [2.75, 3.05) is 6.26 Å². The average molecular weight is 329 g/mol. The Balaban J connectivity index is 2.81. The van der Waals surface area contributed by atoms with Crippen LogP contribution in [0.1, 0.15) is 11.1 Å². The summed E-state index contributed by atoms with van der Waals surface area (Å²) in [5.41, 5.74) is -3.83. The molecule has 22 heavy (non-hydrogen) atoms. The zero-order valence-electron chi connectivity index (χ0n) is 11.0. The average Bonchev–Trinajstić information content (AvgIpc) is 2.45. The first-order chi connectivity index (χ1) is 10.3. The SMILES string of the molecule is CSc1nc(-c2cccc(C(F)(F)F)c2F)c(C#N)c(=O)[nH]1. The largest absolute Gasteiger partial charge is 0.419 e. The van der Waals surface area contributed by atoms with Gasteiger partial charge in [0.15, 0.2) is 5.16 Å². The van der Waals surface area contributed by atoms with Crippen molar-refractivity contribution in [3.63, 3.8) is 0 Å². The molecule has 0 saturated heterocycles. The van der Waals surface area contributed by atoms with Gasteiger partial charge in [0.25, 0.3) is 5.56 Å². The Morgan fingerprint density at radius 3 is 2.59 bits per heavy atom. The zero-order valence-corrected chi connectivity index (χ0v) is 11.8. The molecular formula is C13H7F4N3OS. The monoisotopic (exact) mass is 329 g/mol. The van der Waals surface area contributed by atoms with Crippen molar-refractivity contribution in [2.45, 2.75) is 11.3 Å². The van der Waals surface area contributed by atoms with Gasteiger partial charge in [-0.2, -0.15) is 18.4 Å². The van der Waals surface area contributed by atoms with Crippen molar-refractivity contribution in [3.05, 3.63) is 45.5 Å². The first-order valence-corrected chi connectivity index (χ1v) is 6.96. The molecule has 0 aliphatic heterocycles. The molecule has 114 valence electrons. The van der Waals surface area contributed by atoms with Crippen molar-refractivity contribution in [3.8, 4) is 17.3 Å². The van der Waals surface area contributed by atoms with E-state index < -0.39 is 39.9 Å². The maximum absolute atomic E-state index is 14.1. The third-order valence-electron chi connectivity index (χ3n) is 2.76. The van der Waals surface area contributed by atoms with E-state index in [4.69, 9.17) is 5.26 Å². The van der Waals surface area contributed by atoms with Crippen LogP contribution in [0.15, 0.2) is 28.2 Å². The fraction of sp³-hybridized carbons (Fsp3) is 0.154. The lowest BCUT2D eigenvalue weighted by atomic mass is 10.0. The molecule has 0 saturated carbocycles. The molecule has 1 N–H and O–H groups in total. The summed E-state index contributed by atoms with van der Waals surface area (Å²) in [7, 11) is 0. The molecule has 0 aliphatic carbocycles. The maximum Gasteiger partial charge on any atom is 0.419 e. The molecule has 1 heterocycles. The van der Waals surface area contributed by atoms with Crippen molar-refractivity contribution in [1.82, 2.24) is 9.97 Å². The number of nitrogens with one attached hydrogen (secondary N) is 1. The first kappa shape index (κ1) is 16.0. The lowest BCUT2D eigenvalue weighted by Crippen LogP contribution is -2.16. The second-order valence-corrected chi connectivity index (χ2v) is 4.87. The van der Waals surface area contributed by atoms with Gasteiger partial charge < -0.3 is 4.98 Å². The minimum absolute atomic E-state index is 0.0656. The summed E-state index contributed by atoms with van der Waals surface area (Å²) in [4.78, 5) is 17.9. The van der Waals surface area contributed by atoms with Gasteiger partial charge in [0, 0.05) is 5.56 Å². The molecule has 1 aromatic carbocycles. The Bertz CT molecular complexity index is 824. The molecule has 9 heteroatoms. The number of rotatable bonds is 2. The van der Waals surface area contributed by atoms with E-state index in [-0.39, 0.29) is 5.16 Å². The van der Waals surface area contributed by atoms with Gasteiger partial charge in [0.05, 0.1) is 11.3 Å². The minimum Gasteiger partial charge on any atom is -0.300 e. The topological polar surface area (TPSA) is 69.5 Å². The van der Waals surface area contributed by atoms with Gasteiger partial charge in [-0.05, 0) is 18.4 Å². The second-order valence-electron chi connectivity index (χ2n) is 4.08. The van der Waals surface area contributed by atoms with Crippen LogP contribution in [0.4, 0.5) is 17.6 Å². The van der Waals surface area contributed by atoms with Crippen LogP contribution in [-0.4, -0.2) is 16.2 Å². The summed E-state index contributed by atoms with van der Waals surface area (Å²) in [5, 5.41) is 9.05. The number of halogens is 4. The molecule has 0 fully saturated rings. The molecule has 0 radical (unpaired) electrons. The van der Waals surface area contributed by atoms with E-state index in [1.165, 1.54) is 6.07 Å². The number of benzene rings is 1. The number of aromatic amines is 1. The first-order valence-electron chi connectivity index (χ1n) is 5.74. The molecule has 2 aromatic rings. The van der Waals surface area contributed by atoms with Crippen LogP contribution >= 0.6 is 11.8 Å². The van der Waals surface area contributed by atoms with Gasteiger partial charge in [-0.3, -0.25) is 4.79 Å². The quantitative estimate of drug-likeness (QED) is 0.522. The van der Waals surface area contributed by atoms with Gasteiger partial charge in [-0.1, -0.05) is 17.8 Å². The van der Waals surface area contributed by atoms with Crippen molar-refractivity contribution < 1.29 is 17.6 Å². The molecule has 0 bridgehead atoms. The molecule has 0 atom stereocenters. The van der Waals surface area contributed by atoms with Crippen LogP contribution in [0.5, 0.6) is 0 Å². The number of aromatic nitrogens is 2. The summed E-state index contributed by atoms with van der Waals surface area (Å²) in [6, 6.07) is 4.14. The third kappa shape index (κ3) is 2.82. The smallest absolute Gasteiger partial charge is 0.300 e. The Hall–Kier alpha value is -2.34. The van der Waals surface area contributed by atoms with E-state index in [1.54, 1.807) is 6.26 Å². The number of hydrogen-bond acceptors (Lipinski definition) is 4. The van der Waals surface area contributed by atoms with Gasteiger partial charge in [0.2, 0.25) is 0 Å². The normalized spacial score (nSPS) is 11.3. The van der Waals surface area contributed by atoms with Gasteiger partial charge in [0.1, 0.15) is 17.4 Å². The van der Waals surface area contributed by atoms with E-state index in [2.05, 4.69) is 9.97 Å². The van der Waals surface area contributed by atoms with Crippen LogP contribution < -0.4 is 5.56 Å². The van der Waals surface area contributed by atoms with Crippen molar-refractivity contribution >= 4 is 11.8 Å². The summed E-state index contributed by atoms with van der Waals surface area (Å²) < 4.78 is 52.4. The van der Waals surface area contributed by atoms with Crippen LogP contribution in [0.2, 0.25) is 0 Å². The molecular weight excluding hydrogens is 322 g/mol. The zero-order chi connectivity index (χ0) is 16.5. The molecule has 2 rings (SSSR count). The summed E-state index contributed by atoms with van der Waals surface area (Å²) in [6.07, 6.45) is -3.33. The molecule has 0 amide bonds. The highest BCUT2D eigenvalue weighted by atomic mass is 32.2. The van der Waals surface area contributed by atoms with Crippen LogP contribution in [-0.2, 0) is 6.18 Å². The number of thioether (sulfide) groups is 1. The standard InChI is InChI=1S/C13H7F4N3OS/c1-22-12-19-10(7(5-18)11(21)20-12)6-3-2-4-8(9(6)14)13(15,16)17/h2-4H,1H3,(H,19,20,21). The fourth-order valence-corrected chi connectivity index (χ4v) is 2.16. The predicted octanol–water partition coefficient (Wildman–Crippen LogP) is 3.19. The number of nitriles is 1. The van der Waals surface area contributed by atoms with Crippen LogP contribution in [0.3, 0.4) is 0 Å². The van der Waals surface area contributed by atoms with Gasteiger partial charge in [-0.25, -0.2) is 9.37 Å². The van der Waals surface area contributed by atoms with Gasteiger partial charge >= 0.3 is 6.18 Å². The number of nitrogens with zero attached hydrogens (tertiary/aromatic N) is 2. The number of hydrogen-bond donors (Lipinski definition) is 1. The Labute approximate surface area is 125 Å². The minimum atomic E-state index is -4.89. The highest BCUT2D eigenvalue weighted by Gasteiger charge is 2.35.